The van der Waals surface area contributed by atoms with Crippen LogP contribution in [0.1, 0.15) is 15.9 Å². The lowest BCUT2D eigenvalue weighted by molar-refractivity contribution is 0.112. The van der Waals surface area contributed by atoms with E-state index >= 15 is 0 Å². The fourth-order valence-corrected chi connectivity index (χ4v) is 1.23. The van der Waals surface area contributed by atoms with Gasteiger partial charge < -0.3 is 0 Å². The summed E-state index contributed by atoms with van der Waals surface area (Å²) in [4.78, 5) is 14.4. The maximum atomic E-state index is 10.4. The van der Waals surface area contributed by atoms with Gasteiger partial charge in [-0.2, -0.15) is 0 Å². The Bertz CT molecular complexity index is 273. The molecule has 0 aliphatic carbocycles. The third-order valence-corrected chi connectivity index (χ3v) is 2.10. The van der Waals surface area contributed by atoms with E-state index in [0.717, 1.165) is 16.9 Å². The van der Waals surface area contributed by atoms with Crippen LogP contribution < -0.4 is 0 Å². The molecule has 0 aliphatic rings. The molecule has 1 aromatic heterocycles. The van der Waals surface area contributed by atoms with Crippen molar-refractivity contribution in [2.24, 2.45) is 0 Å². The summed E-state index contributed by atoms with van der Waals surface area (Å²) in [7, 11) is 0. The second-order valence-electron chi connectivity index (χ2n) is 2.20. The summed E-state index contributed by atoms with van der Waals surface area (Å²) in [5.41, 5.74) is 1.65. The van der Waals surface area contributed by atoms with Gasteiger partial charge in [0.25, 0.3) is 0 Å². The monoisotopic (exact) mass is 167 g/mol. The number of nitrogens with zero attached hydrogens (tertiary/aromatic N) is 1. The summed E-state index contributed by atoms with van der Waals surface area (Å²) >= 11 is 1.58. The normalized spacial score (nSPS) is 9.64. The second-order valence-corrected chi connectivity index (χ2v) is 3.03. The van der Waals surface area contributed by atoms with Gasteiger partial charge >= 0.3 is 0 Å². The van der Waals surface area contributed by atoms with Crippen molar-refractivity contribution >= 4 is 18.0 Å². The molecular formula is C8H9NOS. The number of aldehydes is 1. The van der Waals surface area contributed by atoms with Crippen molar-refractivity contribution in [3.05, 3.63) is 23.4 Å². The number of carbonyl (C=O) groups is 1. The molecule has 0 amide bonds. The van der Waals surface area contributed by atoms with Gasteiger partial charge in [0.15, 0.2) is 6.29 Å². The highest BCUT2D eigenvalue weighted by Gasteiger charge is 1.97. The average molecular weight is 167 g/mol. The fraction of sp³-hybridized carbons (Fsp3) is 0.250. The van der Waals surface area contributed by atoms with Gasteiger partial charge in [-0.15, -0.1) is 11.8 Å². The van der Waals surface area contributed by atoms with Crippen LogP contribution in [0.2, 0.25) is 0 Å². The van der Waals surface area contributed by atoms with E-state index in [1.807, 2.05) is 19.2 Å². The van der Waals surface area contributed by atoms with Crippen molar-refractivity contribution in [1.29, 1.82) is 0 Å². The molecule has 3 heteroatoms. The minimum absolute atomic E-state index is 0.669. The molecule has 0 aliphatic heterocycles. The number of aryl methyl sites for hydroxylation is 1. The van der Waals surface area contributed by atoms with E-state index in [4.69, 9.17) is 0 Å². The molecule has 0 N–H and O–H groups in total. The molecule has 0 atom stereocenters. The maximum absolute atomic E-state index is 10.4. The Labute approximate surface area is 70.0 Å². The van der Waals surface area contributed by atoms with Gasteiger partial charge in [-0.05, 0) is 24.8 Å². The van der Waals surface area contributed by atoms with Gasteiger partial charge in [0.2, 0.25) is 0 Å². The molecule has 1 aromatic rings. The quantitative estimate of drug-likeness (QED) is 0.498. The lowest BCUT2D eigenvalue weighted by Gasteiger charge is -1.98. The highest BCUT2D eigenvalue weighted by Crippen LogP contribution is 2.14. The lowest BCUT2D eigenvalue weighted by atomic mass is 10.2. The molecule has 1 heterocycles. The van der Waals surface area contributed by atoms with Crippen molar-refractivity contribution in [3.63, 3.8) is 0 Å². The first-order valence-electron chi connectivity index (χ1n) is 3.23. The van der Waals surface area contributed by atoms with Crippen molar-refractivity contribution in [3.8, 4) is 0 Å². The summed E-state index contributed by atoms with van der Waals surface area (Å²) in [6, 6.07) is 1.91. The smallest absolute Gasteiger partial charge is 0.151 e. The first-order chi connectivity index (χ1) is 5.27. The minimum Gasteiger partial charge on any atom is -0.298 e. The van der Waals surface area contributed by atoms with Gasteiger partial charge in [-0.1, -0.05) is 0 Å². The number of rotatable bonds is 2. The maximum Gasteiger partial charge on any atom is 0.151 e. The Kier molecular flexibility index (Phi) is 2.65. The predicted octanol–water partition coefficient (Wildman–Crippen LogP) is 1.92. The van der Waals surface area contributed by atoms with E-state index in [9.17, 15) is 4.79 Å². The first kappa shape index (κ1) is 8.27. The van der Waals surface area contributed by atoms with Crippen LogP contribution in [-0.4, -0.2) is 17.5 Å². The zero-order valence-electron chi connectivity index (χ0n) is 6.50. The van der Waals surface area contributed by atoms with Crippen molar-refractivity contribution in [1.82, 2.24) is 4.98 Å². The Morgan fingerprint density at radius 3 is 2.82 bits per heavy atom. The van der Waals surface area contributed by atoms with E-state index in [-0.39, 0.29) is 0 Å². The number of aromatic nitrogens is 1. The van der Waals surface area contributed by atoms with Gasteiger partial charge in [0.05, 0.1) is 5.03 Å². The molecular weight excluding hydrogens is 158 g/mol. The Morgan fingerprint density at radius 1 is 1.64 bits per heavy atom. The van der Waals surface area contributed by atoms with Gasteiger partial charge in [-0.3, -0.25) is 4.79 Å². The summed E-state index contributed by atoms with van der Waals surface area (Å²) in [6.45, 7) is 1.91. The Balaban J connectivity index is 3.09. The molecule has 0 unspecified atom stereocenters. The number of hydrogen-bond acceptors (Lipinski definition) is 3. The molecule has 0 bridgehead atoms. The predicted molar refractivity (Wildman–Crippen MR) is 46.1 cm³/mol. The molecule has 2 nitrogen and oxygen atoms in total. The van der Waals surface area contributed by atoms with Gasteiger partial charge in [-0.25, -0.2) is 4.98 Å². The summed E-state index contributed by atoms with van der Waals surface area (Å²) in [5.74, 6) is 0. The van der Waals surface area contributed by atoms with Crippen LogP contribution in [0.3, 0.4) is 0 Å². The lowest BCUT2D eigenvalue weighted by Crippen LogP contribution is -1.89. The van der Waals surface area contributed by atoms with Crippen LogP contribution in [0.5, 0.6) is 0 Å². The fourth-order valence-electron chi connectivity index (χ4n) is 0.776. The summed E-state index contributed by atoms with van der Waals surface area (Å²) in [6.07, 6.45) is 4.39. The van der Waals surface area contributed by atoms with E-state index in [0.29, 0.717) is 5.56 Å². The van der Waals surface area contributed by atoms with Crippen molar-refractivity contribution in [2.45, 2.75) is 11.9 Å². The standard InChI is InChI=1S/C8H9NOS/c1-6-3-8(11-2)9-4-7(6)5-10/h3-5H,1-2H3. The SMILES string of the molecule is CSc1cc(C)c(C=O)cn1. The molecule has 0 spiro atoms. The second kappa shape index (κ2) is 3.53. The van der Waals surface area contributed by atoms with Gasteiger partial charge in [0, 0.05) is 11.8 Å². The Morgan fingerprint density at radius 2 is 2.36 bits per heavy atom. The van der Waals surface area contributed by atoms with Crippen LogP contribution >= 0.6 is 11.8 Å². The van der Waals surface area contributed by atoms with Crippen LogP contribution in [-0.2, 0) is 0 Å². The van der Waals surface area contributed by atoms with Crippen LogP contribution in [0.15, 0.2) is 17.3 Å². The van der Waals surface area contributed by atoms with E-state index in [1.54, 1.807) is 18.0 Å². The minimum atomic E-state index is 0.669. The molecule has 58 valence electrons. The zero-order valence-corrected chi connectivity index (χ0v) is 7.31. The molecule has 0 saturated carbocycles. The molecule has 0 radical (unpaired) electrons. The van der Waals surface area contributed by atoms with Crippen LogP contribution in [0.4, 0.5) is 0 Å². The number of thioether (sulfide) groups is 1. The topological polar surface area (TPSA) is 30.0 Å². The first-order valence-corrected chi connectivity index (χ1v) is 4.46. The molecule has 1 rings (SSSR count). The molecule has 0 fully saturated rings. The number of hydrogen-bond donors (Lipinski definition) is 0. The van der Waals surface area contributed by atoms with Crippen molar-refractivity contribution < 1.29 is 4.79 Å². The summed E-state index contributed by atoms with van der Waals surface area (Å²) in [5, 5.41) is 0.952. The van der Waals surface area contributed by atoms with Crippen molar-refractivity contribution in [2.75, 3.05) is 6.26 Å². The Hall–Kier alpha value is -0.830. The summed E-state index contributed by atoms with van der Waals surface area (Å²) < 4.78 is 0. The number of pyridine rings is 1. The highest BCUT2D eigenvalue weighted by molar-refractivity contribution is 7.98. The third kappa shape index (κ3) is 1.80. The highest BCUT2D eigenvalue weighted by atomic mass is 32.2. The van der Waals surface area contributed by atoms with E-state index in [1.165, 1.54) is 0 Å². The number of carbonyl (C=O) groups excluding carboxylic acids is 1. The van der Waals surface area contributed by atoms with Crippen LogP contribution in [0, 0.1) is 6.92 Å². The average Bonchev–Trinajstić information content (AvgIpc) is 2.04. The largest absolute Gasteiger partial charge is 0.298 e. The third-order valence-electron chi connectivity index (χ3n) is 1.46. The van der Waals surface area contributed by atoms with Crippen LogP contribution in [0.25, 0.3) is 0 Å². The molecule has 0 saturated heterocycles. The van der Waals surface area contributed by atoms with E-state index < -0.39 is 0 Å². The zero-order chi connectivity index (χ0) is 8.27. The van der Waals surface area contributed by atoms with E-state index in [2.05, 4.69) is 4.98 Å². The van der Waals surface area contributed by atoms with Gasteiger partial charge in [0.1, 0.15) is 0 Å². The molecule has 11 heavy (non-hydrogen) atoms. The molecule has 0 aromatic carbocycles.